The van der Waals surface area contributed by atoms with Crippen molar-refractivity contribution in [2.75, 3.05) is 18.4 Å². The molecule has 0 aliphatic carbocycles. The molecule has 0 bridgehead atoms. The van der Waals surface area contributed by atoms with Gasteiger partial charge in [0, 0.05) is 24.8 Å². The van der Waals surface area contributed by atoms with Crippen LogP contribution in [0.2, 0.25) is 0 Å². The molecule has 5 nitrogen and oxygen atoms in total. The maximum atomic E-state index is 12.2. The number of ether oxygens (including phenoxy) is 2. The van der Waals surface area contributed by atoms with Crippen LogP contribution in [0, 0.1) is 0 Å². The van der Waals surface area contributed by atoms with Gasteiger partial charge in [-0.05, 0) is 26.0 Å². The van der Waals surface area contributed by atoms with Crippen LogP contribution in [0.1, 0.15) is 13.8 Å². The van der Waals surface area contributed by atoms with E-state index in [1.807, 2.05) is 13.8 Å². The second kappa shape index (κ2) is 6.71. The predicted molar refractivity (Wildman–Crippen MR) is 73.7 cm³/mol. The van der Waals surface area contributed by atoms with E-state index in [2.05, 4.69) is 10.1 Å². The van der Waals surface area contributed by atoms with Gasteiger partial charge in [-0.25, -0.2) is 4.79 Å². The summed E-state index contributed by atoms with van der Waals surface area (Å²) in [5.41, 5.74) is 0.407. The normalized spacial score (nSPS) is 22.2. The first-order valence-corrected chi connectivity index (χ1v) is 6.70. The monoisotopic (exact) mass is 300 g/mol. The third-order valence-electron chi connectivity index (χ3n) is 3.02. The van der Waals surface area contributed by atoms with Crippen LogP contribution >= 0.6 is 0 Å². The van der Waals surface area contributed by atoms with Crippen molar-refractivity contribution >= 4 is 11.7 Å². The molecule has 2 unspecified atom stereocenters. The molecule has 1 aliphatic heterocycles. The van der Waals surface area contributed by atoms with Crippen LogP contribution in [0.25, 0.3) is 0 Å². The summed E-state index contributed by atoms with van der Waals surface area (Å²) in [6.45, 7) is 1.88. The highest BCUT2D eigenvalue weighted by Gasteiger charge is 2.25. The zero-order valence-corrected chi connectivity index (χ0v) is 11.9. The highest BCUT2D eigenvalue weighted by Crippen LogP contribution is 2.20. The number of carbonyl (C=O) groups excluding carboxylic acids is 1. The number of urea groups is 1. The standard InChI is InChI=1S/C14H18F2N2O3/c1-9-7-18(8-10(2)20-9)14(19)17-11-4-3-5-12(6-11)21-13(15)16/h3-6,9-10,13H,7-8H2,1-2H3,(H,17,19). The Labute approximate surface area is 121 Å². The summed E-state index contributed by atoms with van der Waals surface area (Å²) in [6, 6.07) is 5.63. The van der Waals surface area contributed by atoms with Crippen molar-refractivity contribution in [3.05, 3.63) is 24.3 Å². The Bertz CT molecular complexity index is 489. The highest BCUT2D eigenvalue weighted by molar-refractivity contribution is 5.89. The number of rotatable bonds is 3. The summed E-state index contributed by atoms with van der Waals surface area (Å²) < 4.78 is 34.2. The third-order valence-corrected chi connectivity index (χ3v) is 3.02. The molecule has 1 aromatic rings. The van der Waals surface area contributed by atoms with E-state index in [1.54, 1.807) is 11.0 Å². The van der Waals surface area contributed by atoms with Gasteiger partial charge in [0.25, 0.3) is 0 Å². The molecule has 1 N–H and O–H groups in total. The summed E-state index contributed by atoms with van der Waals surface area (Å²) in [5.74, 6) is 0.00603. The summed E-state index contributed by atoms with van der Waals surface area (Å²) in [4.78, 5) is 13.8. The second-order valence-electron chi connectivity index (χ2n) is 5.00. The fourth-order valence-electron chi connectivity index (χ4n) is 2.30. The van der Waals surface area contributed by atoms with Crippen LogP contribution < -0.4 is 10.1 Å². The number of nitrogens with zero attached hydrogens (tertiary/aromatic N) is 1. The quantitative estimate of drug-likeness (QED) is 0.933. The molecule has 2 atom stereocenters. The van der Waals surface area contributed by atoms with Crippen LogP contribution in [0.3, 0.4) is 0 Å². The van der Waals surface area contributed by atoms with Crippen molar-refractivity contribution in [2.45, 2.75) is 32.7 Å². The Morgan fingerprint density at radius 3 is 2.67 bits per heavy atom. The molecule has 2 rings (SSSR count). The molecular weight excluding hydrogens is 282 g/mol. The second-order valence-corrected chi connectivity index (χ2v) is 5.00. The minimum Gasteiger partial charge on any atom is -0.435 e. The molecule has 1 fully saturated rings. The van der Waals surface area contributed by atoms with Gasteiger partial charge >= 0.3 is 12.6 Å². The number of halogens is 2. The molecule has 1 aromatic carbocycles. The van der Waals surface area contributed by atoms with E-state index in [9.17, 15) is 13.6 Å². The van der Waals surface area contributed by atoms with Gasteiger partial charge < -0.3 is 19.7 Å². The van der Waals surface area contributed by atoms with Crippen molar-refractivity contribution in [3.63, 3.8) is 0 Å². The lowest BCUT2D eigenvalue weighted by atomic mass is 10.2. The maximum absolute atomic E-state index is 12.2. The van der Waals surface area contributed by atoms with Crippen LogP contribution in [-0.2, 0) is 4.74 Å². The summed E-state index contributed by atoms with van der Waals surface area (Å²) >= 11 is 0. The molecule has 0 aromatic heterocycles. The number of anilines is 1. The Morgan fingerprint density at radius 1 is 1.38 bits per heavy atom. The number of amides is 2. The molecule has 1 aliphatic rings. The Hall–Kier alpha value is -1.89. The zero-order valence-electron chi connectivity index (χ0n) is 11.9. The SMILES string of the molecule is CC1CN(C(=O)Nc2cccc(OC(F)F)c2)CC(C)O1. The van der Waals surface area contributed by atoms with Crippen LogP contribution in [0.5, 0.6) is 5.75 Å². The fourth-order valence-corrected chi connectivity index (χ4v) is 2.30. The van der Waals surface area contributed by atoms with E-state index < -0.39 is 6.61 Å². The number of morpholine rings is 1. The highest BCUT2D eigenvalue weighted by atomic mass is 19.3. The van der Waals surface area contributed by atoms with E-state index in [0.717, 1.165) is 0 Å². The van der Waals surface area contributed by atoms with Gasteiger partial charge in [-0.1, -0.05) is 6.07 Å². The molecule has 21 heavy (non-hydrogen) atoms. The van der Waals surface area contributed by atoms with Crippen molar-refractivity contribution < 1.29 is 23.0 Å². The average Bonchev–Trinajstić information content (AvgIpc) is 2.37. The van der Waals surface area contributed by atoms with Crippen molar-refractivity contribution in [1.82, 2.24) is 4.90 Å². The lowest BCUT2D eigenvalue weighted by Crippen LogP contribution is -2.49. The Balaban J connectivity index is 1.99. The molecule has 0 saturated carbocycles. The van der Waals surface area contributed by atoms with E-state index in [-0.39, 0.29) is 24.0 Å². The first kappa shape index (κ1) is 15.5. The van der Waals surface area contributed by atoms with Gasteiger partial charge in [-0.15, -0.1) is 0 Å². The van der Waals surface area contributed by atoms with Gasteiger partial charge in [0.05, 0.1) is 12.2 Å². The minimum atomic E-state index is -2.89. The fraction of sp³-hybridized carbons (Fsp3) is 0.500. The molecule has 1 saturated heterocycles. The molecular formula is C14H18F2N2O3. The van der Waals surface area contributed by atoms with Gasteiger partial charge in [0.1, 0.15) is 5.75 Å². The lowest BCUT2D eigenvalue weighted by molar-refractivity contribution is -0.0531. The third kappa shape index (κ3) is 4.56. The average molecular weight is 300 g/mol. The summed E-state index contributed by atoms with van der Waals surface area (Å²) in [7, 11) is 0. The van der Waals surface area contributed by atoms with E-state index >= 15 is 0 Å². The number of hydrogen-bond donors (Lipinski definition) is 1. The van der Waals surface area contributed by atoms with Crippen molar-refractivity contribution in [1.29, 1.82) is 0 Å². The number of hydrogen-bond acceptors (Lipinski definition) is 3. The van der Waals surface area contributed by atoms with Gasteiger partial charge in [0.2, 0.25) is 0 Å². The topological polar surface area (TPSA) is 50.8 Å². The van der Waals surface area contributed by atoms with Crippen LogP contribution in [0.4, 0.5) is 19.3 Å². The molecule has 1 heterocycles. The molecule has 0 radical (unpaired) electrons. The number of carbonyl (C=O) groups is 1. The van der Waals surface area contributed by atoms with E-state index in [0.29, 0.717) is 18.8 Å². The van der Waals surface area contributed by atoms with Gasteiger partial charge in [0.15, 0.2) is 0 Å². The zero-order chi connectivity index (χ0) is 15.4. The smallest absolute Gasteiger partial charge is 0.387 e. The lowest BCUT2D eigenvalue weighted by Gasteiger charge is -2.35. The molecule has 2 amide bonds. The van der Waals surface area contributed by atoms with E-state index in [4.69, 9.17) is 4.74 Å². The summed E-state index contributed by atoms with van der Waals surface area (Å²) in [5, 5.41) is 2.67. The number of nitrogens with one attached hydrogen (secondary N) is 1. The van der Waals surface area contributed by atoms with Gasteiger partial charge in [-0.3, -0.25) is 0 Å². The van der Waals surface area contributed by atoms with Crippen LogP contribution in [0.15, 0.2) is 24.3 Å². The van der Waals surface area contributed by atoms with Crippen LogP contribution in [-0.4, -0.2) is 42.8 Å². The predicted octanol–water partition coefficient (Wildman–Crippen LogP) is 2.93. The van der Waals surface area contributed by atoms with Gasteiger partial charge in [-0.2, -0.15) is 8.78 Å². The number of alkyl halides is 2. The van der Waals surface area contributed by atoms with Crippen molar-refractivity contribution in [3.8, 4) is 5.75 Å². The Kier molecular flexibility index (Phi) is 4.95. The largest absolute Gasteiger partial charge is 0.435 e. The first-order valence-electron chi connectivity index (χ1n) is 6.70. The minimum absolute atomic E-state index is 0.00603. The first-order chi connectivity index (χ1) is 9.94. The van der Waals surface area contributed by atoms with Crippen molar-refractivity contribution in [2.24, 2.45) is 0 Å². The Morgan fingerprint density at radius 2 is 2.05 bits per heavy atom. The molecule has 0 spiro atoms. The number of benzene rings is 1. The summed E-state index contributed by atoms with van der Waals surface area (Å²) in [6.07, 6.45) is -0.0685. The molecule has 116 valence electrons. The maximum Gasteiger partial charge on any atom is 0.387 e. The van der Waals surface area contributed by atoms with E-state index in [1.165, 1.54) is 18.2 Å². The molecule has 7 heteroatoms.